The van der Waals surface area contributed by atoms with Gasteiger partial charge in [0.1, 0.15) is 21.9 Å². The number of fused-ring (bicyclic) bond motifs is 3. The molecule has 1 aliphatic carbocycles. The van der Waals surface area contributed by atoms with Gasteiger partial charge in [-0.05, 0) is 55.5 Å². The molecule has 4 aromatic rings. The molecule has 0 fully saturated rings. The zero-order valence-corrected chi connectivity index (χ0v) is 22.0. The summed E-state index contributed by atoms with van der Waals surface area (Å²) in [5.41, 5.74) is 3.29. The average molecular weight is 558 g/mol. The highest BCUT2D eigenvalue weighted by Crippen LogP contribution is 2.37. The highest BCUT2D eigenvalue weighted by atomic mass is 35.5. The maximum absolute atomic E-state index is 12.8. The first-order chi connectivity index (χ1) is 17.9. The van der Waals surface area contributed by atoms with E-state index in [1.165, 1.54) is 17.4 Å². The molecule has 0 spiro atoms. The summed E-state index contributed by atoms with van der Waals surface area (Å²) in [5, 5.41) is 6.49. The summed E-state index contributed by atoms with van der Waals surface area (Å²) in [6, 6.07) is 10.2. The van der Waals surface area contributed by atoms with Crippen molar-refractivity contribution >= 4 is 62.4 Å². The maximum Gasteiger partial charge on any atom is 0.341 e. The van der Waals surface area contributed by atoms with Crippen molar-refractivity contribution in [2.24, 2.45) is 0 Å². The van der Waals surface area contributed by atoms with Gasteiger partial charge >= 0.3 is 11.6 Å². The van der Waals surface area contributed by atoms with E-state index in [0.717, 1.165) is 29.4 Å². The van der Waals surface area contributed by atoms with Crippen LogP contribution in [0.5, 0.6) is 5.75 Å². The Kier molecular flexibility index (Phi) is 7.24. The first-order valence-corrected chi connectivity index (χ1v) is 13.2. The zero-order chi connectivity index (χ0) is 26.1. The van der Waals surface area contributed by atoms with Gasteiger partial charge in [-0.2, -0.15) is 0 Å². The molecule has 0 saturated carbocycles. The first kappa shape index (κ1) is 25.3. The Bertz CT molecular complexity index is 1570. The number of benzene rings is 2. The fraction of sp³-hybridized carbons (Fsp3) is 0.222. The highest BCUT2D eigenvalue weighted by Gasteiger charge is 2.24. The Balaban J connectivity index is 1.36. The van der Waals surface area contributed by atoms with E-state index in [1.807, 2.05) is 0 Å². The lowest BCUT2D eigenvalue weighted by Gasteiger charge is -2.12. The largest absolute Gasteiger partial charge is 0.482 e. The number of esters is 1. The molecular formula is C27H21Cl2NO6S. The molecule has 2 heterocycles. The monoisotopic (exact) mass is 557 g/mol. The van der Waals surface area contributed by atoms with Crippen molar-refractivity contribution in [1.29, 1.82) is 0 Å². The van der Waals surface area contributed by atoms with Crippen molar-refractivity contribution in [2.75, 3.05) is 18.5 Å². The number of carbonyl (C=O) groups is 2. The van der Waals surface area contributed by atoms with Crippen molar-refractivity contribution in [2.45, 2.75) is 26.2 Å². The van der Waals surface area contributed by atoms with Crippen LogP contribution >= 0.6 is 34.5 Å². The van der Waals surface area contributed by atoms with Gasteiger partial charge in [-0.25, -0.2) is 9.59 Å². The van der Waals surface area contributed by atoms with E-state index in [0.29, 0.717) is 38.2 Å². The van der Waals surface area contributed by atoms with Crippen LogP contribution in [-0.4, -0.2) is 25.1 Å². The van der Waals surface area contributed by atoms with Crippen LogP contribution in [0, 0.1) is 0 Å². The molecule has 0 radical (unpaired) electrons. The molecule has 0 aliphatic heterocycles. The smallest absolute Gasteiger partial charge is 0.341 e. The predicted octanol–water partition coefficient (Wildman–Crippen LogP) is 6.51. The molecule has 10 heteroatoms. The fourth-order valence-corrected chi connectivity index (χ4v) is 5.71. The second kappa shape index (κ2) is 10.6. The number of ether oxygens (including phenoxy) is 2. The Morgan fingerprint density at radius 3 is 2.62 bits per heavy atom. The average Bonchev–Trinajstić information content (AvgIpc) is 3.52. The number of nitrogens with one attached hydrogen (secondary N) is 1. The molecule has 0 saturated heterocycles. The van der Waals surface area contributed by atoms with Gasteiger partial charge in [0.15, 0.2) is 6.61 Å². The molecule has 7 nitrogen and oxygen atoms in total. The van der Waals surface area contributed by atoms with Gasteiger partial charge in [-0.15, -0.1) is 11.3 Å². The molecule has 5 rings (SSSR count). The van der Waals surface area contributed by atoms with Crippen LogP contribution in [-0.2, 0) is 22.4 Å². The summed E-state index contributed by atoms with van der Waals surface area (Å²) in [6.07, 6.45) is 2.38. The van der Waals surface area contributed by atoms with Crippen molar-refractivity contribution in [3.05, 3.63) is 78.9 Å². The van der Waals surface area contributed by atoms with Gasteiger partial charge in [0.05, 0.1) is 11.6 Å². The molecule has 0 bridgehead atoms. The van der Waals surface area contributed by atoms with Crippen molar-refractivity contribution < 1.29 is 23.5 Å². The Morgan fingerprint density at radius 2 is 1.86 bits per heavy atom. The van der Waals surface area contributed by atoms with Gasteiger partial charge in [0.25, 0.3) is 5.91 Å². The quantitative estimate of drug-likeness (QED) is 0.205. The minimum Gasteiger partial charge on any atom is -0.482 e. The van der Waals surface area contributed by atoms with Crippen LogP contribution in [0.3, 0.4) is 0 Å². The number of carbonyl (C=O) groups excluding carboxylic acids is 2. The van der Waals surface area contributed by atoms with Crippen molar-refractivity contribution in [3.63, 3.8) is 0 Å². The number of rotatable bonds is 7. The van der Waals surface area contributed by atoms with E-state index < -0.39 is 11.9 Å². The Morgan fingerprint density at radius 1 is 1.11 bits per heavy atom. The third kappa shape index (κ3) is 5.09. The number of hydrogen-bond donors (Lipinski definition) is 1. The number of halogens is 2. The van der Waals surface area contributed by atoms with E-state index in [9.17, 15) is 14.4 Å². The zero-order valence-electron chi connectivity index (χ0n) is 19.7. The second-order valence-electron chi connectivity index (χ2n) is 8.40. The number of thiophene rings is 1. The standard InChI is InChI=1S/C27H21Cl2NO6S/c1-2-34-27(33)24-19(14-6-8-15(28)9-7-14)13-37-25(24)30-23(31)12-35-22-11-21-18(10-20(22)29)16-4-3-5-17(16)26(32)36-21/h6-11,13H,2-5,12H2,1H3,(H,30,31). The lowest BCUT2D eigenvalue weighted by molar-refractivity contribution is -0.118. The van der Waals surface area contributed by atoms with E-state index in [-0.39, 0.29) is 30.2 Å². The van der Waals surface area contributed by atoms with Crippen LogP contribution in [0.25, 0.3) is 22.1 Å². The molecule has 0 unspecified atom stereocenters. The molecule has 190 valence electrons. The lowest BCUT2D eigenvalue weighted by atomic mass is 10.0. The molecular weight excluding hydrogens is 537 g/mol. The second-order valence-corrected chi connectivity index (χ2v) is 10.1. The first-order valence-electron chi connectivity index (χ1n) is 11.6. The molecule has 0 atom stereocenters. The van der Waals surface area contributed by atoms with Gasteiger partial charge in [-0.3, -0.25) is 4.79 Å². The predicted molar refractivity (Wildman–Crippen MR) is 144 cm³/mol. The fourth-order valence-electron chi connectivity index (χ4n) is 4.40. The summed E-state index contributed by atoms with van der Waals surface area (Å²) in [5.74, 6) is -0.837. The van der Waals surface area contributed by atoms with Crippen LogP contribution in [0.1, 0.15) is 34.8 Å². The van der Waals surface area contributed by atoms with Crippen LogP contribution in [0.4, 0.5) is 5.00 Å². The van der Waals surface area contributed by atoms with E-state index in [1.54, 1.807) is 42.6 Å². The summed E-state index contributed by atoms with van der Waals surface area (Å²) < 4.78 is 16.4. The minimum absolute atomic E-state index is 0.186. The summed E-state index contributed by atoms with van der Waals surface area (Å²) in [4.78, 5) is 37.8. The third-order valence-electron chi connectivity index (χ3n) is 6.06. The van der Waals surface area contributed by atoms with Crippen LogP contribution in [0.15, 0.2) is 51.0 Å². The van der Waals surface area contributed by atoms with Crippen molar-refractivity contribution in [1.82, 2.24) is 0 Å². The number of aryl methyl sites for hydroxylation is 1. The molecule has 37 heavy (non-hydrogen) atoms. The van der Waals surface area contributed by atoms with Gasteiger partial charge in [0.2, 0.25) is 0 Å². The molecule has 1 aliphatic rings. The Hall–Kier alpha value is -3.33. The molecule has 1 amide bonds. The summed E-state index contributed by atoms with van der Waals surface area (Å²) >= 11 is 13.6. The van der Waals surface area contributed by atoms with Crippen molar-refractivity contribution in [3.8, 4) is 16.9 Å². The molecule has 2 aromatic heterocycles. The van der Waals surface area contributed by atoms with Gasteiger partial charge in [0, 0.05) is 33.0 Å². The Labute approximate surface area is 225 Å². The van der Waals surface area contributed by atoms with E-state index in [2.05, 4.69) is 5.32 Å². The van der Waals surface area contributed by atoms with Crippen LogP contribution in [0.2, 0.25) is 10.0 Å². The number of anilines is 1. The maximum atomic E-state index is 12.8. The van der Waals surface area contributed by atoms with Gasteiger partial charge in [-0.1, -0.05) is 35.3 Å². The molecule has 2 aromatic carbocycles. The molecule has 1 N–H and O–H groups in total. The SMILES string of the molecule is CCOC(=O)c1c(-c2ccc(Cl)cc2)csc1NC(=O)COc1cc2oc(=O)c3c(c2cc1Cl)CCC3. The number of hydrogen-bond acceptors (Lipinski definition) is 7. The third-order valence-corrected chi connectivity index (χ3v) is 7.51. The normalized spacial score (nSPS) is 12.4. The van der Waals surface area contributed by atoms with Gasteiger partial charge < -0.3 is 19.2 Å². The van der Waals surface area contributed by atoms with Crippen LogP contribution < -0.4 is 15.7 Å². The summed E-state index contributed by atoms with van der Waals surface area (Å²) in [7, 11) is 0. The van der Waals surface area contributed by atoms with E-state index >= 15 is 0 Å². The number of amides is 1. The van der Waals surface area contributed by atoms with E-state index in [4.69, 9.17) is 37.1 Å². The highest BCUT2D eigenvalue weighted by molar-refractivity contribution is 7.15. The topological polar surface area (TPSA) is 94.8 Å². The minimum atomic E-state index is -0.551. The lowest BCUT2D eigenvalue weighted by Crippen LogP contribution is -2.21. The summed E-state index contributed by atoms with van der Waals surface area (Å²) in [6.45, 7) is 1.52.